The molecule has 7 heteroatoms. The smallest absolute Gasteiger partial charge is 0.168 e. The van der Waals surface area contributed by atoms with Crippen LogP contribution in [-0.2, 0) is 13.6 Å². The molecule has 74 valence electrons. The van der Waals surface area contributed by atoms with Crippen molar-refractivity contribution in [3.8, 4) is 0 Å². The molecule has 0 radical (unpaired) electrons. The second-order valence-corrected chi connectivity index (χ2v) is 5.18. The first-order chi connectivity index (χ1) is 6.74. The molecular formula is C7H8BrN5S. The lowest BCUT2D eigenvalue weighted by Crippen LogP contribution is -1.98. The van der Waals surface area contributed by atoms with Gasteiger partial charge in [0.2, 0.25) is 0 Å². The summed E-state index contributed by atoms with van der Waals surface area (Å²) in [6, 6.07) is 0. The van der Waals surface area contributed by atoms with Gasteiger partial charge in [0.1, 0.15) is 5.01 Å². The first-order valence-electron chi connectivity index (χ1n) is 3.94. The molecule has 14 heavy (non-hydrogen) atoms. The van der Waals surface area contributed by atoms with Crippen molar-refractivity contribution in [3.63, 3.8) is 0 Å². The van der Waals surface area contributed by atoms with E-state index in [1.807, 2.05) is 13.2 Å². The second-order valence-electron chi connectivity index (χ2n) is 2.69. The molecule has 0 aromatic carbocycles. The largest absolute Gasteiger partial charge is 0.361 e. The maximum absolute atomic E-state index is 4.19. The highest BCUT2D eigenvalue weighted by atomic mass is 79.9. The quantitative estimate of drug-likeness (QED) is 0.924. The lowest BCUT2D eigenvalue weighted by atomic mass is 10.6. The van der Waals surface area contributed by atoms with Crippen molar-refractivity contribution >= 4 is 33.1 Å². The lowest BCUT2D eigenvalue weighted by molar-refractivity contribution is 0.715. The molecule has 0 aliphatic rings. The first-order valence-corrected chi connectivity index (χ1v) is 5.55. The minimum Gasteiger partial charge on any atom is -0.361 e. The van der Waals surface area contributed by atoms with E-state index in [9.17, 15) is 0 Å². The third kappa shape index (κ3) is 2.30. The van der Waals surface area contributed by atoms with Gasteiger partial charge in [0, 0.05) is 7.05 Å². The van der Waals surface area contributed by atoms with Crippen molar-refractivity contribution in [3.05, 3.63) is 21.2 Å². The summed E-state index contributed by atoms with van der Waals surface area (Å²) in [7, 11) is 1.83. The number of nitrogens with zero attached hydrogens (tertiary/aromatic N) is 4. The minimum absolute atomic E-state index is 0.676. The van der Waals surface area contributed by atoms with Crippen LogP contribution in [-0.4, -0.2) is 20.0 Å². The fraction of sp³-hybridized carbons (Fsp3) is 0.286. The van der Waals surface area contributed by atoms with E-state index in [1.165, 1.54) is 0 Å². The molecule has 0 atom stereocenters. The summed E-state index contributed by atoms with van der Waals surface area (Å²) in [5, 5.41) is 11.9. The molecule has 0 aliphatic carbocycles. The average molecular weight is 274 g/mol. The first kappa shape index (κ1) is 9.60. The molecule has 0 fully saturated rings. The maximum Gasteiger partial charge on any atom is 0.168 e. The molecule has 2 rings (SSSR count). The van der Waals surface area contributed by atoms with Crippen LogP contribution in [0, 0.1) is 0 Å². The van der Waals surface area contributed by atoms with Crippen LogP contribution in [0.25, 0.3) is 0 Å². The van der Waals surface area contributed by atoms with Crippen LogP contribution in [0.5, 0.6) is 0 Å². The molecule has 1 N–H and O–H groups in total. The zero-order valence-corrected chi connectivity index (χ0v) is 9.84. The second kappa shape index (κ2) is 4.05. The van der Waals surface area contributed by atoms with Crippen LogP contribution in [0.15, 0.2) is 16.2 Å². The number of aryl methyl sites for hydroxylation is 1. The van der Waals surface area contributed by atoms with Crippen LogP contribution in [0.2, 0.25) is 0 Å². The van der Waals surface area contributed by atoms with Crippen LogP contribution in [0.4, 0.5) is 5.82 Å². The Morgan fingerprint density at radius 1 is 1.64 bits per heavy atom. The van der Waals surface area contributed by atoms with E-state index in [0.29, 0.717) is 6.54 Å². The number of halogens is 1. The third-order valence-corrected chi connectivity index (χ3v) is 3.02. The maximum atomic E-state index is 4.19. The van der Waals surface area contributed by atoms with E-state index >= 15 is 0 Å². The Morgan fingerprint density at radius 3 is 3.07 bits per heavy atom. The van der Waals surface area contributed by atoms with Gasteiger partial charge in [-0.3, -0.25) is 4.68 Å². The van der Waals surface area contributed by atoms with Gasteiger partial charge in [-0.25, -0.2) is 4.98 Å². The summed E-state index contributed by atoms with van der Waals surface area (Å²) >= 11 is 4.96. The predicted molar refractivity (Wildman–Crippen MR) is 58.1 cm³/mol. The summed E-state index contributed by atoms with van der Waals surface area (Å²) in [6.07, 6.45) is 3.61. The monoisotopic (exact) mass is 273 g/mol. The van der Waals surface area contributed by atoms with Crippen molar-refractivity contribution in [1.29, 1.82) is 0 Å². The summed E-state index contributed by atoms with van der Waals surface area (Å²) < 4.78 is 2.69. The summed E-state index contributed by atoms with van der Waals surface area (Å²) in [5.41, 5.74) is 0. The highest BCUT2D eigenvalue weighted by Gasteiger charge is 2.01. The Kier molecular flexibility index (Phi) is 2.78. The molecule has 0 bridgehead atoms. The number of nitrogens with one attached hydrogen (secondary N) is 1. The van der Waals surface area contributed by atoms with Crippen LogP contribution >= 0.6 is 27.3 Å². The number of hydrogen-bond acceptors (Lipinski definition) is 5. The van der Waals surface area contributed by atoms with E-state index in [-0.39, 0.29) is 0 Å². The lowest BCUT2D eigenvalue weighted by Gasteiger charge is -1.96. The minimum atomic E-state index is 0.676. The normalized spacial score (nSPS) is 10.4. The Balaban J connectivity index is 1.94. The Labute approximate surface area is 93.3 Å². The van der Waals surface area contributed by atoms with Crippen molar-refractivity contribution < 1.29 is 0 Å². The zero-order valence-electron chi connectivity index (χ0n) is 7.44. The third-order valence-electron chi connectivity index (χ3n) is 1.55. The zero-order chi connectivity index (χ0) is 9.97. The Hall–Kier alpha value is -0.950. The van der Waals surface area contributed by atoms with Gasteiger partial charge >= 0.3 is 0 Å². The molecule has 0 spiro atoms. The molecule has 5 nitrogen and oxygen atoms in total. The Bertz CT molecular complexity index is 383. The average Bonchev–Trinajstić information content (AvgIpc) is 2.72. The van der Waals surface area contributed by atoms with Crippen LogP contribution in [0.1, 0.15) is 5.01 Å². The fourth-order valence-corrected chi connectivity index (χ4v) is 2.21. The topological polar surface area (TPSA) is 55.6 Å². The van der Waals surface area contributed by atoms with Crippen molar-refractivity contribution in [2.45, 2.75) is 6.54 Å². The summed E-state index contributed by atoms with van der Waals surface area (Å²) in [5.74, 6) is 0.763. The number of rotatable bonds is 3. The highest BCUT2D eigenvalue weighted by molar-refractivity contribution is 9.11. The fourth-order valence-electron chi connectivity index (χ4n) is 0.964. The van der Waals surface area contributed by atoms with Gasteiger partial charge in [-0.2, -0.15) is 0 Å². The van der Waals surface area contributed by atoms with E-state index in [4.69, 9.17) is 0 Å². The van der Waals surface area contributed by atoms with Gasteiger partial charge < -0.3 is 5.32 Å². The van der Waals surface area contributed by atoms with Crippen molar-refractivity contribution in [2.75, 3.05) is 5.32 Å². The van der Waals surface area contributed by atoms with Gasteiger partial charge in [0.25, 0.3) is 0 Å². The molecule has 0 unspecified atom stereocenters. The number of anilines is 1. The van der Waals surface area contributed by atoms with Crippen LogP contribution < -0.4 is 5.32 Å². The molecule has 0 aliphatic heterocycles. The number of thiazole rings is 1. The molecule has 2 aromatic rings. The molecule has 0 amide bonds. The number of hydrogen-bond donors (Lipinski definition) is 1. The standard InChI is InChI=1S/C7H8BrN5S/c1-13-4-6(11-12-13)9-3-7-10-2-5(8)14-7/h2,4,9H,3H2,1H3. The van der Waals surface area contributed by atoms with Crippen molar-refractivity contribution in [2.24, 2.45) is 7.05 Å². The molecule has 0 saturated carbocycles. The van der Waals surface area contributed by atoms with Gasteiger partial charge in [-0.1, -0.05) is 5.21 Å². The van der Waals surface area contributed by atoms with E-state index in [2.05, 4.69) is 36.5 Å². The summed E-state index contributed by atoms with van der Waals surface area (Å²) in [6.45, 7) is 0.676. The predicted octanol–water partition coefficient (Wildman–Crippen LogP) is 1.65. The SMILES string of the molecule is Cn1cc(NCc2ncc(Br)s2)nn1. The van der Waals surface area contributed by atoms with Crippen LogP contribution in [0.3, 0.4) is 0 Å². The van der Waals surface area contributed by atoms with E-state index in [1.54, 1.807) is 22.2 Å². The summed E-state index contributed by atoms with van der Waals surface area (Å²) in [4.78, 5) is 4.19. The highest BCUT2D eigenvalue weighted by Crippen LogP contribution is 2.19. The molecule has 0 saturated heterocycles. The van der Waals surface area contributed by atoms with E-state index < -0.39 is 0 Å². The van der Waals surface area contributed by atoms with Crippen molar-refractivity contribution in [1.82, 2.24) is 20.0 Å². The molecular weight excluding hydrogens is 266 g/mol. The van der Waals surface area contributed by atoms with E-state index in [0.717, 1.165) is 14.6 Å². The molecule has 2 aromatic heterocycles. The number of aromatic nitrogens is 4. The van der Waals surface area contributed by atoms with Gasteiger partial charge in [0.15, 0.2) is 5.82 Å². The van der Waals surface area contributed by atoms with Gasteiger partial charge in [-0.15, -0.1) is 16.4 Å². The molecule has 2 heterocycles. The van der Waals surface area contributed by atoms with Gasteiger partial charge in [0.05, 0.1) is 22.7 Å². The Morgan fingerprint density at radius 2 is 2.50 bits per heavy atom. The van der Waals surface area contributed by atoms with Gasteiger partial charge in [-0.05, 0) is 15.9 Å².